The van der Waals surface area contributed by atoms with Crippen molar-refractivity contribution in [3.63, 3.8) is 0 Å². The third kappa shape index (κ3) is 6.07. The second-order valence-electron chi connectivity index (χ2n) is 21.6. The summed E-state index contributed by atoms with van der Waals surface area (Å²) in [5.41, 5.74) is 24.4. The second-order valence-corrected chi connectivity index (χ2v) is 21.6. The highest BCUT2D eigenvalue weighted by molar-refractivity contribution is 7.00. The van der Waals surface area contributed by atoms with Gasteiger partial charge in [-0.3, -0.25) is 0 Å². The lowest BCUT2D eigenvalue weighted by molar-refractivity contribution is 0.591. The van der Waals surface area contributed by atoms with E-state index in [2.05, 4.69) is 271 Å². The maximum atomic E-state index is 6.89. The van der Waals surface area contributed by atoms with Crippen LogP contribution in [0.5, 0.6) is 0 Å². The SMILES string of the molecule is CC(C)(C)c1cc(-c2ccccc2)c(N2c3cc4c(cc3B3c5c2cc(-c2ccccc2)cc5-n2c5cc6c7ccccc7n(-c7ccccc7)c6cc5c5cccc3c52)oc2ccccc24)c(-c2ccccc2)c1. The molecule has 352 valence electrons. The Kier molecular flexibility index (Phi) is 8.78. The monoisotopic (exact) mass is 957 g/mol. The molecule has 4 nitrogen and oxygen atoms in total. The predicted molar refractivity (Wildman–Crippen MR) is 317 cm³/mol. The fourth-order valence-electron chi connectivity index (χ4n) is 13.0. The first kappa shape index (κ1) is 42.2. The molecule has 0 radical (unpaired) electrons. The van der Waals surface area contributed by atoms with E-state index in [1.807, 2.05) is 0 Å². The molecule has 0 spiro atoms. The third-order valence-corrected chi connectivity index (χ3v) is 16.4. The van der Waals surface area contributed by atoms with E-state index in [4.69, 9.17) is 4.42 Å². The Hall–Kier alpha value is -9.32. The first-order valence-electron chi connectivity index (χ1n) is 26.2. The molecule has 0 fully saturated rings. The lowest BCUT2D eigenvalue weighted by Gasteiger charge is -2.42. The molecule has 5 heterocycles. The van der Waals surface area contributed by atoms with E-state index in [-0.39, 0.29) is 12.1 Å². The molecule has 0 saturated carbocycles. The molecule has 14 aromatic rings. The van der Waals surface area contributed by atoms with Crippen LogP contribution in [0.25, 0.3) is 110 Å². The summed E-state index contributed by atoms with van der Waals surface area (Å²) >= 11 is 0. The van der Waals surface area contributed by atoms with Gasteiger partial charge in [-0.25, -0.2) is 0 Å². The second kappa shape index (κ2) is 15.6. The Morgan fingerprint density at radius 2 is 0.947 bits per heavy atom. The predicted octanol–water partition coefficient (Wildman–Crippen LogP) is 16.7. The van der Waals surface area contributed by atoms with Crippen LogP contribution in [0.1, 0.15) is 26.3 Å². The minimum atomic E-state index is -0.131. The number of anilines is 3. The van der Waals surface area contributed by atoms with Gasteiger partial charge in [-0.15, -0.1) is 0 Å². The zero-order valence-corrected chi connectivity index (χ0v) is 41.8. The largest absolute Gasteiger partial charge is 0.456 e. The van der Waals surface area contributed by atoms with Gasteiger partial charge in [0.25, 0.3) is 6.71 Å². The Balaban J connectivity index is 1.10. The summed E-state index contributed by atoms with van der Waals surface area (Å²) in [7, 11) is 0. The van der Waals surface area contributed by atoms with Gasteiger partial charge in [-0.1, -0.05) is 185 Å². The number of para-hydroxylation sites is 4. The van der Waals surface area contributed by atoms with Gasteiger partial charge < -0.3 is 18.5 Å². The summed E-state index contributed by atoms with van der Waals surface area (Å²) < 4.78 is 12.0. The molecule has 2 aliphatic rings. The van der Waals surface area contributed by atoms with Crippen LogP contribution in [0.4, 0.5) is 17.1 Å². The lowest BCUT2D eigenvalue weighted by atomic mass is 9.33. The minimum absolute atomic E-state index is 0.119. The molecular weight excluding hydrogens is 910 g/mol. The number of nitrogens with zero attached hydrogens (tertiary/aromatic N) is 3. The van der Waals surface area contributed by atoms with Crippen molar-refractivity contribution in [3.05, 3.63) is 242 Å². The van der Waals surface area contributed by atoms with Gasteiger partial charge >= 0.3 is 0 Å². The molecule has 5 heteroatoms. The number of fused-ring (bicyclic) bond motifs is 13. The molecule has 0 aliphatic carbocycles. The van der Waals surface area contributed by atoms with Crippen LogP contribution < -0.4 is 21.3 Å². The van der Waals surface area contributed by atoms with E-state index in [0.717, 1.165) is 44.6 Å². The smallest absolute Gasteiger partial charge is 0.252 e. The van der Waals surface area contributed by atoms with E-state index in [0.29, 0.717) is 0 Å². The van der Waals surface area contributed by atoms with Crippen LogP contribution in [0.3, 0.4) is 0 Å². The van der Waals surface area contributed by atoms with E-state index >= 15 is 0 Å². The number of aromatic nitrogens is 2. The average molecular weight is 958 g/mol. The van der Waals surface area contributed by atoms with Crippen LogP contribution in [-0.2, 0) is 5.41 Å². The normalized spacial score (nSPS) is 12.9. The van der Waals surface area contributed by atoms with E-state index < -0.39 is 0 Å². The first-order valence-corrected chi connectivity index (χ1v) is 26.2. The van der Waals surface area contributed by atoms with E-state index in [9.17, 15) is 0 Å². The van der Waals surface area contributed by atoms with Gasteiger partial charge in [0.15, 0.2) is 0 Å². The molecule has 3 aromatic heterocycles. The Labute approximate surface area is 435 Å². The Bertz CT molecular complexity index is 4620. The summed E-state index contributed by atoms with van der Waals surface area (Å²) in [4.78, 5) is 2.65. The fourth-order valence-corrected chi connectivity index (χ4v) is 13.0. The molecular formula is C70H48BN3O. The average Bonchev–Trinajstić information content (AvgIpc) is 4.14. The zero-order chi connectivity index (χ0) is 49.7. The number of hydrogen-bond acceptors (Lipinski definition) is 2. The highest BCUT2D eigenvalue weighted by atomic mass is 16.3. The standard InChI is InChI=1S/C70H48BN3O/c1-70(2,3)47-37-52(44-23-10-5-11-24-44)68(53(38-47)45-25-12-6-13-26-45)74-62-41-56-50-30-17-19-34-65(50)75-66(56)42-58(62)71-57-32-20-31-51-55-40-60-54(49-29-16-18-33-59(49)72(60)48-27-14-7-15-28-48)39-61(55)73(69(51)57)63-35-46(36-64(74)67(63)71)43-21-8-4-9-22-43/h4-42H,1-3H3. The van der Waals surface area contributed by atoms with Gasteiger partial charge in [0.05, 0.1) is 22.2 Å². The van der Waals surface area contributed by atoms with Crippen LogP contribution in [-0.4, -0.2) is 15.8 Å². The maximum absolute atomic E-state index is 6.89. The zero-order valence-electron chi connectivity index (χ0n) is 41.8. The van der Waals surface area contributed by atoms with Crippen molar-refractivity contribution < 1.29 is 4.42 Å². The highest BCUT2D eigenvalue weighted by Crippen LogP contribution is 2.52. The summed E-state index contributed by atoms with van der Waals surface area (Å²) in [5, 5.41) is 7.16. The summed E-state index contributed by atoms with van der Waals surface area (Å²) in [6.07, 6.45) is 0. The molecule has 2 aliphatic heterocycles. The van der Waals surface area contributed by atoms with Gasteiger partial charge in [0.2, 0.25) is 0 Å². The quantitative estimate of drug-likeness (QED) is 0.161. The molecule has 0 unspecified atom stereocenters. The van der Waals surface area contributed by atoms with Crippen LogP contribution in [0.15, 0.2) is 241 Å². The summed E-state index contributed by atoms with van der Waals surface area (Å²) in [6.45, 7) is 6.88. The van der Waals surface area contributed by atoms with Crippen molar-refractivity contribution in [2.75, 3.05) is 4.90 Å². The fraction of sp³-hybridized carbons (Fsp3) is 0.0571. The Morgan fingerprint density at radius 1 is 0.373 bits per heavy atom. The molecule has 11 aromatic carbocycles. The Morgan fingerprint density at radius 3 is 1.64 bits per heavy atom. The maximum Gasteiger partial charge on any atom is 0.252 e. The topological polar surface area (TPSA) is 26.2 Å². The van der Waals surface area contributed by atoms with Crippen molar-refractivity contribution in [3.8, 4) is 44.8 Å². The van der Waals surface area contributed by atoms with E-state index in [1.54, 1.807) is 0 Å². The number of rotatable bonds is 5. The number of furan rings is 1. The first-order chi connectivity index (χ1) is 36.9. The molecule has 0 saturated heterocycles. The van der Waals surface area contributed by atoms with Crippen LogP contribution in [0.2, 0.25) is 0 Å². The van der Waals surface area contributed by atoms with Crippen molar-refractivity contribution in [2.45, 2.75) is 26.2 Å². The number of benzene rings is 11. The van der Waals surface area contributed by atoms with Crippen molar-refractivity contribution in [1.82, 2.24) is 9.13 Å². The molecule has 16 rings (SSSR count). The summed E-state index contributed by atoms with van der Waals surface area (Å²) in [6, 6.07) is 88.0. The van der Waals surface area contributed by atoms with Crippen molar-refractivity contribution in [2.24, 2.45) is 0 Å². The van der Waals surface area contributed by atoms with Gasteiger partial charge in [-0.05, 0) is 122 Å². The summed E-state index contributed by atoms with van der Waals surface area (Å²) in [5.74, 6) is 0. The third-order valence-electron chi connectivity index (χ3n) is 16.4. The molecule has 0 bridgehead atoms. The van der Waals surface area contributed by atoms with Gasteiger partial charge in [-0.2, -0.15) is 0 Å². The van der Waals surface area contributed by atoms with Crippen molar-refractivity contribution in [1.29, 1.82) is 0 Å². The van der Waals surface area contributed by atoms with E-state index in [1.165, 1.54) is 105 Å². The van der Waals surface area contributed by atoms with Crippen molar-refractivity contribution >= 4 is 106 Å². The molecule has 75 heavy (non-hydrogen) atoms. The van der Waals surface area contributed by atoms with Gasteiger partial charge in [0.1, 0.15) is 11.2 Å². The van der Waals surface area contributed by atoms with Gasteiger partial charge in [0, 0.05) is 71.7 Å². The molecule has 0 atom stereocenters. The molecule has 0 amide bonds. The highest BCUT2D eigenvalue weighted by Gasteiger charge is 2.44. The van der Waals surface area contributed by atoms with Crippen LogP contribution >= 0.6 is 0 Å². The lowest BCUT2D eigenvalue weighted by Crippen LogP contribution is -2.60. The molecule has 0 N–H and O–H groups in total. The van der Waals surface area contributed by atoms with Crippen LogP contribution in [0, 0.1) is 0 Å². The minimum Gasteiger partial charge on any atom is -0.456 e. The number of hydrogen-bond donors (Lipinski definition) is 0.